The molecule has 1 heterocycles. The quantitative estimate of drug-likeness (QED) is 0.255. The first-order chi connectivity index (χ1) is 16.4. The number of ketones is 1. The van der Waals surface area contributed by atoms with Gasteiger partial charge in [-0.15, -0.1) is 12.1 Å². The third-order valence-corrected chi connectivity index (χ3v) is 8.60. The van der Waals surface area contributed by atoms with Crippen LogP contribution in [0.3, 0.4) is 0 Å². The number of allylic oxidation sites excluding steroid dienone is 1. The van der Waals surface area contributed by atoms with Gasteiger partial charge >= 0.3 is 12.1 Å². The van der Waals surface area contributed by atoms with E-state index >= 15 is 0 Å². The number of hydrogen-bond acceptors (Lipinski definition) is 9. The highest BCUT2D eigenvalue weighted by molar-refractivity contribution is 5.92. The van der Waals surface area contributed by atoms with Gasteiger partial charge in [0.15, 0.2) is 17.5 Å². The molecule has 10 nitrogen and oxygen atoms in total. The van der Waals surface area contributed by atoms with Gasteiger partial charge in [0.2, 0.25) is 0 Å². The number of ether oxygens (including phenoxy) is 2. The number of Topliss-reactive ketones (excluding diaryl/α,β-unsaturated/α-hetero) is 1. The van der Waals surface area contributed by atoms with Gasteiger partial charge in [0.25, 0.3) is 0 Å². The molecule has 0 spiro atoms. The Bertz CT molecular complexity index is 988. The smallest absolute Gasteiger partial charge is 0.438 e. The molecule has 1 saturated heterocycles. The number of rotatable bonds is 3. The maximum absolute atomic E-state index is 13.8. The Hall–Kier alpha value is -2.27. The maximum Gasteiger partial charge on any atom is 0.441 e. The van der Waals surface area contributed by atoms with Crippen LogP contribution >= 0.6 is 0 Å². The molecule has 202 valence electrons. The van der Waals surface area contributed by atoms with Crippen molar-refractivity contribution in [1.82, 2.24) is 5.48 Å². The summed E-state index contributed by atoms with van der Waals surface area (Å²) in [6.07, 6.45) is -2.26. The van der Waals surface area contributed by atoms with Crippen molar-refractivity contribution < 1.29 is 44.0 Å². The minimum Gasteiger partial charge on any atom is -0.438 e. The molecule has 0 aromatic carbocycles. The molecule has 4 N–H and O–H groups in total. The number of aliphatic hydroxyl groups is 3. The Balaban J connectivity index is 2.11. The van der Waals surface area contributed by atoms with E-state index in [0.717, 1.165) is 6.08 Å². The van der Waals surface area contributed by atoms with Gasteiger partial charge in [-0.2, -0.15) is 0 Å². The third kappa shape index (κ3) is 3.98. The van der Waals surface area contributed by atoms with E-state index in [1.165, 1.54) is 13.0 Å². The second-order valence-electron chi connectivity index (χ2n) is 11.9. The lowest BCUT2D eigenvalue weighted by Crippen LogP contribution is -2.86. The Morgan fingerprint density at radius 2 is 1.78 bits per heavy atom. The van der Waals surface area contributed by atoms with Crippen LogP contribution in [0.15, 0.2) is 24.3 Å². The van der Waals surface area contributed by atoms with E-state index in [1.807, 2.05) is 19.3 Å². The minimum absolute atomic E-state index is 0.229. The van der Waals surface area contributed by atoms with Gasteiger partial charge in [-0.25, -0.2) is 9.59 Å². The Morgan fingerprint density at radius 1 is 1.17 bits per heavy atom. The van der Waals surface area contributed by atoms with Gasteiger partial charge in [-0.3, -0.25) is 4.79 Å². The molecule has 8 atom stereocenters. The van der Waals surface area contributed by atoms with Crippen molar-refractivity contribution in [1.29, 1.82) is 0 Å². The number of aliphatic hydroxyl groups excluding tert-OH is 2. The van der Waals surface area contributed by atoms with E-state index in [4.69, 9.17) is 14.3 Å². The van der Waals surface area contributed by atoms with Crippen molar-refractivity contribution >= 4 is 17.8 Å². The monoisotopic (exact) mass is 509 g/mol. The van der Waals surface area contributed by atoms with E-state index in [0.29, 0.717) is 18.4 Å². The number of fused-ring (bicyclic) bond motifs is 3. The van der Waals surface area contributed by atoms with Crippen molar-refractivity contribution in [2.24, 2.45) is 16.7 Å². The van der Waals surface area contributed by atoms with Crippen LogP contribution in [-0.4, -0.2) is 68.3 Å². The Labute approximate surface area is 211 Å². The van der Waals surface area contributed by atoms with Gasteiger partial charge in [0.05, 0.1) is 17.8 Å². The largest absolute Gasteiger partial charge is 0.441 e. The second kappa shape index (κ2) is 8.93. The lowest BCUT2D eigenvalue weighted by molar-refractivity contribution is -0.369. The lowest BCUT2D eigenvalue weighted by Gasteiger charge is -2.71. The highest BCUT2D eigenvalue weighted by atomic mass is 16.7. The number of amides is 1. The fourth-order valence-electron chi connectivity index (χ4n) is 6.98. The fraction of sp³-hybridized carbons (Fsp3) is 0.731. The predicted molar refractivity (Wildman–Crippen MR) is 128 cm³/mol. The summed E-state index contributed by atoms with van der Waals surface area (Å²) in [5, 5.41) is 35.3. The average molecular weight is 510 g/mol. The van der Waals surface area contributed by atoms with Crippen LogP contribution in [0.25, 0.3) is 0 Å². The zero-order valence-corrected chi connectivity index (χ0v) is 22.1. The van der Waals surface area contributed by atoms with Gasteiger partial charge in [0.1, 0.15) is 5.60 Å². The Morgan fingerprint density at radius 3 is 2.33 bits per heavy atom. The molecular formula is C26H39NO9. The Kier molecular flexibility index (Phi) is 7.02. The van der Waals surface area contributed by atoms with Gasteiger partial charge in [-0.1, -0.05) is 32.4 Å². The molecule has 3 aliphatic rings. The predicted octanol–water partition coefficient (Wildman–Crippen LogP) is 2.11. The third-order valence-electron chi connectivity index (χ3n) is 8.60. The van der Waals surface area contributed by atoms with E-state index in [1.54, 1.807) is 27.7 Å². The number of nitrogens with one attached hydrogen (secondary N) is 1. The molecule has 2 saturated carbocycles. The summed E-state index contributed by atoms with van der Waals surface area (Å²) >= 11 is 0. The number of hydroxylamine groups is 1. The summed E-state index contributed by atoms with van der Waals surface area (Å²) in [6.45, 7) is 15.4. The standard InChI is InChI=1S/C26H39NO9/c1-9-23(6)13-16(29)26(33)24(7)15(28)10-11-22(4,5)19(24)18(31)20(25(26,8)36-23)34-21(32)27-35-17(30)12-14(2)3/h9,12,15,18-20,28,31,33H,1,10-11,13H2,2-8H3,(H,27,32)/t15-,18-,19-,20-,23-,24-,25+,26-/m0/s1. The van der Waals surface area contributed by atoms with Crippen molar-refractivity contribution in [3.8, 4) is 0 Å². The first kappa shape index (κ1) is 28.3. The van der Waals surface area contributed by atoms with Crippen LogP contribution in [-0.2, 0) is 23.9 Å². The zero-order valence-electron chi connectivity index (χ0n) is 22.1. The summed E-state index contributed by atoms with van der Waals surface area (Å²) in [5.41, 5.74) is -5.24. The van der Waals surface area contributed by atoms with Crippen molar-refractivity contribution in [3.05, 3.63) is 24.3 Å². The molecule has 3 rings (SSSR count). The molecular weight excluding hydrogens is 470 g/mol. The van der Waals surface area contributed by atoms with E-state index in [2.05, 4.69) is 6.58 Å². The minimum atomic E-state index is -2.34. The zero-order chi connectivity index (χ0) is 27.5. The molecule has 36 heavy (non-hydrogen) atoms. The van der Waals surface area contributed by atoms with Gasteiger partial charge in [-0.05, 0) is 46.0 Å². The van der Waals surface area contributed by atoms with Crippen LogP contribution in [0, 0.1) is 16.7 Å². The van der Waals surface area contributed by atoms with Crippen molar-refractivity contribution in [2.75, 3.05) is 0 Å². The van der Waals surface area contributed by atoms with Crippen molar-refractivity contribution in [3.63, 3.8) is 0 Å². The average Bonchev–Trinajstić information content (AvgIpc) is 2.75. The molecule has 0 radical (unpaired) electrons. The highest BCUT2D eigenvalue weighted by Crippen LogP contribution is 2.67. The molecule has 1 amide bonds. The normalized spacial score (nSPS) is 43.3. The molecule has 1 aliphatic heterocycles. The molecule has 3 fully saturated rings. The summed E-state index contributed by atoms with van der Waals surface area (Å²) in [5.74, 6) is -2.32. The molecule has 10 heteroatoms. The van der Waals surface area contributed by atoms with Crippen LogP contribution in [0.4, 0.5) is 4.79 Å². The SMILES string of the molecule is C=C[C@@]1(C)CC(=O)[C@]2(O)[C@@]3(C)[C@@H](O)CCC(C)(C)[C@@H]3[C@H](O)[C@H](OC(=O)NOC(=O)C=C(C)C)[C@@]2(C)O1. The molecule has 0 aromatic heterocycles. The van der Waals surface area contributed by atoms with Crippen LogP contribution in [0.1, 0.15) is 67.7 Å². The van der Waals surface area contributed by atoms with Gasteiger partial charge in [0, 0.05) is 23.8 Å². The molecule has 0 bridgehead atoms. The fourth-order valence-corrected chi connectivity index (χ4v) is 6.98. The summed E-state index contributed by atoms with van der Waals surface area (Å²) in [6, 6.07) is 0. The second-order valence-corrected chi connectivity index (χ2v) is 11.9. The highest BCUT2D eigenvalue weighted by Gasteiger charge is 2.81. The number of carbonyl (C=O) groups excluding carboxylic acids is 3. The summed E-state index contributed by atoms with van der Waals surface area (Å²) in [4.78, 5) is 43.0. The van der Waals surface area contributed by atoms with Crippen molar-refractivity contribution in [2.45, 2.75) is 103 Å². The van der Waals surface area contributed by atoms with Crippen LogP contribution in [0.2, 0.25) is 0 Å². The maximum atomic E-state index is 13.8. The summed E-state index contributed by atoms with van der Waals surface area (Å²) < 4.78 is 11.9. The van der Waals surface area contributed by atoms with Crippen LogP contribution < -0.4 is 5.48 Å². The first-order valence-electron chi connectivity index (χ1n) is 12.2. The van der Waals surface area contributed by atoms with E-state index < -0.39 is 69.7 Å². The molecule has 0 aromatic rings. The van der Waals surface area contributed by atoms with E-state index in [9.17, 15) is 29.7 Å². The van der Waals surface area contributed by atoms with E-state index in [-0.39, 0.29) is 6.42 Å². The lowest BCUT2D eigenvalue weighted by atomic mass is 9.40. The topological polar surface area (TPSA) is 152 Å². The first-order valence-corrected chi connectivity index (χ1v) is 12.2. The van der Waals surface area contributed by atoms with Gasteiger partial charge < -0.3 is 29.6 Å². The number of hydrogen-bond donors (Lipinski definition) is 4. The number of carbonyl (C=O) groups is 3. The summed E-state index contributed by atoms with van der Waals surface area (Å²) in [7, 11) is 0. The molecule has 0 unspecified atom stereocenters. The molecule has 2 aliphatic carbocycles. The van der Waals surface area contributed by atoms with Crippen LogP contribution in [0.5, 0.6) is 0 Å².